The lowest BCUT2D eigenvalue weighted by Gasteiger charge is -2.58. The molecule has 6 aromatic rings. The van der Waals surface area contributed by atoms with E-state index in [1.807, 2.05) is 49.4 Å². The summed E-state index contributed by atoms with van der Waals surface area (Å²) >= 11 is 0. The van der Waals surface area contributed by atoms with Gasteiger partial charge in [-0.05, 0) is 142 Å². The molecule has 2 saturated heterocycles. The van der Waals surface area contributed by atoms with E-state index < -0.39 is 37.0 Å². The molecule has 72 heavy (non-hydrogen) atoms. The minimum absolute atomic E-state index is 0.0300. The zero-order valence-electron chi connectivity index (χ0n) is 41.3. The first-order chi connectivity index (χ1) is 34.6. The van der Waals surface area contributed by atoms with Crippen molar-refractivity contribution in [2.75, 3.05) is 36.4 Å². The first-order valence-electron chi connectivity index (χ1n) is 25.5. The van der Waals surface area contributed by atoms with Gasteiger partial charge in [-0.3, -0.25) is 19.8 Å². The Balaban J connectivity index is 0.833. The number of piperidine rings is 2. The molecule has 0 bridgehead atoms. The van der Waals surface area contributed by atoms with Crippen LogP contribution in [0.15, 0.2) is 120 Å². The number of carbonyl (C=O) groups is 1. The van der Waals surface area contributed by atoms with Crippen molar-refractivity contribution in [1.82, 2.24) is 19.6 Å². The van der Waals surface area contributed by atoms with Crippen LogP contribution in [0.5, 0.6) is 17.2 Å². The number of fused-ring (bicyclic) bond motifs is 1. The normalized spacial score (nSPS) is 22.6. The van der Waals surface area contributed by atoms with E-state index in [-0.39, 0.29) is 40.5 Å². The van der Waals surface area contributed by atoms with Gasteiger partial charge in [0.15, 0.2) is 0 Å². The summed E-state index contributed by atoms with van der Waals surface area (Å²) in [5.41, 5.74) is 3.55. The van der Waals surface area contributed by atoms with E-state index in [1.54, 1.807) is 30.6 Å². The fourth-order valence-electron chi connectivity index (χ4n) is 11.7. The number of aliphatic hydroxyl groups is 1. The molecule has 4 heterocycles. The van der Waals surface area contributed by atoms with Crippen LogP contribution in [-0.4, -0.2) is 83.1 Å². The molecule has 378 valence electrons. The lowest BCUT2D eigenvalue weighted by atomic mass is 9.59. The Morgan fingerprint density at radius 3 is 2.42 bits per heavy atom. The molecule has 4 aromatic carbocycles. The summed E-state index contributed by atoms with van der Waals surface area (Å²) in [7, 11) is -4.59. The zero-order valence-corrected chi connectivity index (χ0v) is 42.1. The van der Waals surface area contributed by atoms with Crippen LogP contribution >= 0.6 is 0 Å². The highest BCUT2D eigenvalue weighted by molar-refractivity contribution is 7.90. The number of anilines is 2. The second-order valence-electron chi connectivity index (χ2n) is 21.2. The molecule has 10 rings (SSSR count). The van der Waals surface area contributed by atoms with Gasteiger partial charge >= 0.3 is 0 Å². The number of carbonyl (C=O) groups excluding carboxylic acids is 1. The second kappa shape index (κ2) is 20.2. The average Bonchev–Trinajstić information content (AvgIpc) is 3.84. The number of likely N-dealkylation sites (tertiary alicyclic amines) is 1. The first-order valence-corrected chi connectivity index (χ1v) is 27.0. The Bertz CT molecular complexity index is 3030. The summed E-state index contributed by atoms with van der Waals surface area (Å²) in [4.78, 5) is 37.9. The third-order valence-corrected chi connectivity index (χ3v) is 17.2. The topological polar surface area (TPSA) is 192 Å². The average molecular weight is 996 g/mol. The maximum Gasteiger partial charge on any atom is 0.293 e. The Kier molecular flexibility index (Phi) is 13.8. The van der Waals surface area contributed by atoms with E-state index in [9.17, 15) is 28.4 Å². The van der Waals surface area contributed by atoms with Gasteiger partial charge in [0.1, 0.15) is 34.7 Å². The van der Waals surface area contributed by atoms with E-state index >= 15 is 0 Å². The minimum Gasteiger partial charge on any atom is -0.490 e. The smallest absolute Gasteiger partial charge is 0.293 e. The monoisotopic (exact) mass is 995 g/mol. The number of aromatic nitrogens is 2. The largest absolute Gasteiger partial charge is 0.490 e. The van der Waals surface area contributed by atoms with Gasteiger partial charge in [0.2, 0.25) is 0 Å². The summed E-state index contributed by atoms with van der Waals surface area (Å²) in [6.07, 6.45) is 12.5. The van der Waals surface area contributed by atoms with Crippen LogP contribution < -0.4 is 24.4 Å². The molecule has 2 atom stereocenters. The molecule has 1 amide bonds. The van der Waals surface area contributed by atoms with Gasteiger partial charge in [0.25, 0.3) is 21.6 Å². The van der Waals surface area contributed by atoms with Gasteiger partial charge in [-0.15, -0.1) is 0 Å². The number of H-pyrrole nitrogens is 1. The summed E-state index contributed by atoms with van der Waals surface area (Å²) in [5.74, 6) is 1.08. The number of hydrogen-bond donors (Lipinski definition) is 4. The zero-order chi connectivity index (χ0) is 50.2. The van der Waals surface area contributed by atoms with Crippen molar-refractivity contribution in [2.45, 2.75) is 120 Å². The first kappa shape index (κ1) is 49.1. The van der Waals surface area contributed by atoms with Crippen LogP contribution in [0.25, 0.3) is 11.0 Å². The molecule has 4 N–H and O–H groups in total. The highest BCUT2D eigenvalue weighted by atomic mass is 32.2. The van der Waals surface area contributed by atoms with Crippen LogP contribution in [0.1, 0.15) is 118 Å². The third-order valence-electron chi connectivity index (χ3n) is 15.9. The Hall–Kier alpha value is -6.49. The molecule has 2 aromatic heterocycles. The third kappa shape index (κ3) is 10.7. The van der Waals surface area contributed by atoms with Gasteiger partial charge in [-0.1, -0.05) is 56.3 Å². The quantitative estimate of drug-likeness (QED) is 0.0563. The van der Waals surface area contributed by atoms with Crippen LogP contribution in [0.3, 0.4) is 0 Å². The minimum atomic E-state index is -4.59. The predicted molar refractivity (Wildman–Crippen MR) is 278 cm³/mol. The lowest BCUT2D eigenvalue weighted by Crippen LogP contribution is -2.57. The molecule has 2 aliphatic carbocycles. The number of para-hydroxylation sites is 1. The number of sulfonamides is 1. The van der Waals surface area contributed by atoms with Crippen molar-refractivity contribution in [3.8, 4) is 17.2 Å². The van der Waals surface area contributed by atoms with Gasteiger partial charge in [-0.2, -0.15) is 0 Å². The number of pyridine rings is 1. The lowest BCUT2D eigenvalue weighted by molar-refractivity contribution is -0.384. The molecule has 15 nitrogen and oxygen atoms in total. The summed E-state index contributed by atoms with van der Waals surface area (Å²) < 4.78 is 42.8. The van der Waals surface area contributed by atoms with Gasteiger partial charge in [0, 0.05) is 74.1 Å². The maximum atomic E-state index is 14.1. The highest BCUT2D eigenvalue weighted by Gasteiger charge is 2.50. The molecular weight excluding hydrogens is 931 g/mol. The number of nitro benzene ring substituents is 1. The van der Waals surface area contributed by atoms with Crippen molar-refractivity contribution in [2.24, 2.45) is 11.3 Å². The highest BCUT2D eigenvalue weighted by Crippen LogP contribution is 2.54. The fourth-order valence-corrected chi connectivity index (χ4v) is 12.7. The Labute approximate surface area is 421 Å². The number of hydrogen-bond acceptors (Lipinski definition) is 12. The van der Waals surface area contributed by atoms with E-state index in [0.29, 0.717) is 42.7 Å². The summed E-state index contributed by atoms with van der Waals surface area (Å²) in [5, 5.41) is 26.5. The molecule has 2 saturated carbocycles. The second-order valence-corrected chi connectivity index (χ2v) is 22.9. The van der Waals surface area contributed by atoms with Crippen molar-refractivity contribution in [3.63, 3.8) is 0 Å². The number of nitro groups is 1. The molecule has 0 radical (unpaired) electrons. The van der Waals surface area contributed by atoms with Crippen LogP contribution in [0.4, 0.5) is 17.1 Å². The van der Waals surface area contributed by atoms with E-state index in [0.717, 1.165) is 93.9 Å². The Morgan fingerprint density at radius 2 is 1.67 bits per heavy atom. The maximum absolute atomic E-state index is 14.1. The number of ether oxygens (including phenoxy) is 2. The van der Waals surface area contributed by atoms with Gasteiger partial charge < -0.3 is 29.8 Å². The molecule has 2 unspecified atom stereocenters. The molecular formula is C56H65N7O8S. The van der Waals surface area contributed by atoms with E-state index in [2.05, 4.69) is 67.9 Å². The number of nitrogens with one attached hydrogen (secondary N) is 3. The molecule has 4 fully saturated rings. The summed E-state index contributed by atoms with van der Waals surface area (Å²) in [6.45, 7) is 9.40. The van der Waals surface area contributed by atoms with Crippen LogP contribution in [-0.2, 0) is 10.0 Å². The van der Waals surface area contributed by atoms with E-state index in [4.69, 9.17) is 9.47 Å². The molecule has 4 aliphatic rings. The summed E-state index contributed by atoms with van der Waals surface area (Å²) in [6, 6.07) is 32.2. The van der Waals surface area contributed by atoms with Crippen molar-refractivity contribution in [1.29, 1.82) is 0 Å². The van der Waals surface area contributed by atoms with E-state index in [1.165, 1.54) is 23.3 Å². The Morgan fingerprint density at radius 1 is 0.917 bits per heavy atom. The van der Waals surface area contributed by atoms with Crippen LogP contribution in [0.2, 0.25) is 0 Å². The van der Waals surface area contributed by atoms with Crippen LogP contribution in [0, 0.1) is 21.4 Å². The van der Waals surface area contributed by atoms with Gasteiger partial charge in [0.05, 0.1) is 27.2 Å². The predicted octanol–water partition coefficient (Wildman–Crippen LogP) is 10.9. The molecule has 16 heteroatoms. The molecule has 2 aliphatic heterocycles. The number of nitrogens with zero attached hydrogens (tertiary/aromatic N) is 4. The fraction of sp³-hybridized carbons (Fsp3) is 0.429. The van der Waals surface area contributed by atoms with Crippen molar-refractivity contribution in [3.05, 3.63) is 142 Å². The van der Waals surface area contributed by atoms with Gasteiger partial charge in [-0.25, -0.2) is 18.1 Å². The SMILES string of the molecule is CC(C)c1ccccc1C1CC(Oc2ccccc2)CCN1C1CC2(CCN(c3ccc(C(=O)NS(=O)(=O)c4ccc(NC[C@H]5CC[C@](C)(O)CC5)c([N+](=O)[O-])c4)c(Oc4cnc5[nH]ccc5c4)c3)CC2)C1. The van der Waals surface area contributed by atoms with Crippen molar-refractivity contribution >= 4 is 44.0 Å². The van der Waals surface area contributed by atoms with Crippen molar-refractivity contribution < 1.29 is 32.7 Å². The standard InChI is InChI=1S/C56H65N7O8S/c1-37(2)46-11-7-8-12-47(46)50-31-43(70-42-9-5-4-6-10-42)20-26-62(50)41-33-56(34-41)23-27-61(28-24-56)40-13-15-48(52(30-40)71-44-29-39-19-25-57-53(39)59-36-44)54(64)60-72(68,69)45-14-16-49(51(32-45)63(66)67)58-35-38-17-21-55(3,65)22-18-38/h4-16,19,25,29-30,32,36-38,41,43,50,58,65H,17-18,20-24,26-28,31,33-35H2,1-3H3,(H,57,59)(H,60,64)/t38-,43?,50?,55-. The number of benzene rings is 4. The molecule has 1 spiro atoms. The number of rotatable bonds is 15. The number of amides is 1. The number of aromatic amines is 1.